The standard InChI is InChI=1S/C13H7Cl3N2O/c14-6-1-2-10-11(5-6)19-13(18-10)8-3-7(15)4-9(16)12(8)17/h1-5H,17H2. The molecule has 0 unspecified atom stereocenters. The van der Waals surface area contributed by atoms with Gasteiger partial charge in [0.2, 0.25) is 5.89 Å². The Kier molecular flexibility index (Phi) is 3.05. The first kappa shape index (κ1) is 12.6. The fourth-order valence-corrected chi connectivity index (χ4v) is 2.43. The summed E-state index contributed by atoms with van der Waals surface area (Å²) >= 11 is 17.9. The second-order valence-electron chi connectivity index (χ2n) is 3.98. The van der Waals surface area contributed by atoms with Gasteiger partial charge in [-0.1, -0.05) is 34.8 Å². The zero-order valence-corrected chi connectivity index (χ0v) is 11.7. The fourth-order valence-electron chi connectivity index (χ4n) is 1.78. The Balaban J connectivity index is 2.24. The first-order valence-corrected chi connectivity index (χ1v) is 6.49. The first-order valence-electron chi connectivity index (χ1n) is 5.35. The van der Waals surface area contributed by atoms with Crippen molar-refractivity contribution in [2.45, 2.75) is 0 Å². The molecule has 0 saturated heterocycles. The molecule has 0 radical (unpaired) electrons. The van der Waals surface area contributed by atoms with Gasteiger partial charge in [-0.15, -0.1) is 0 Å². The molecule has 0 atom stereocenters. The zero-order valence-electron chi connectivity index (χ0n) is 9.45. The number of nitrogens with zero attached hydrogens (tertiary/aromatic N) is 1. The van der Waals surface area contributed by atoms with Crippen LogP contribution >= 0.6 is 34.8 Å². The number of benzene rings is 2. The lowest BCUT2D eigenvalue weighted by Crippen LogP contribution is -1.91. The minimum Gasteiger partial charge on any atom is -0.436 e. The van der Waals surface area contributed by atoms with Gasteiger partial charge in [-0.25, -0.2) is 4.98 Å². The lowest BCUT2D eigenvalue weighted by molar-refractivity contribution is 0.620. The number of fused-ring (bicyclic) bond motifs is 1. The molecule has 3 rings (SSSR count). The smallest absolute Gasteiger partial charge is 0.229 e. The molecule has 0 bridgehead atoms. The van der Waals surface area contributed by atoms with E-state index in [-0.39, 0.29) is 0 Å². The third-order valence-corrected chi connectivity index (χ3v) is 3.44. The molecule has 0 saturated carbocycles. The highest BCUT2D eigenvalue weighted by molar-refractivity contribution is 6.37. The van der Waals surface area contributed by atoms with Crippen LogP contribution in [-0.2, 0) is 0 Å². The SMILES string of the molecule is Nc1c(Cl)cc(Cl)cc1-c1nc2ccc(Cl)cc2o1. The van der Waals surface area contributed by atoms with Gasteiger partial charge in [0.15, 0.2) is 5.58 Å². The number of aromatic nitrogens is 1. The lowest BCUT2D eigenvalue weighted by atomic mass is 10.2. The Morgan fingerprint density at radius 1 is 1.00 bits per heavy atom. The summed E-state index contributed by atoms with van der Waals surface area (Å²) in [5.41, 5.74) is 8.13. The highest BCUT2D eigenvalue weighted by Crippen LogP contribution is 2.36. The minimum absolute atomic E-state index is 0.360. The lowest BCUT2D eigenvalue weighted by Gasteiger charge is -2.04. The van der Waals surface area contributed by atoms with Crippen LogP contribution in [0.3, 0.4) is 0 Å². The molecule has 0 fully saturated rings. The van der Waals surface area contributed by atoms with E-state index in [1.165, 1.54) is 0 Å². The highest BCUT2D eigenvalue weighted by atomic mass is 35.5. The van der Waals surface area contributed by atoms with Crippen LogP contribution in [0.1, 0.15) is 0 Å². The summed E-state index contributed by atoms with van der Waals surface area (Å²) in [6.45, 7) is 0. The van der Waals surface area contributed by atoms with E-state index in [1.54, 1.807) is 30.3 Å². The van der Waals surface area contributed by atoms with E-state index in [1.807, 2.05) is 0 Å². The summed E-state index contributed by atoms with van der Waals surface area (Å²) in [5, 5.41) is 1.41. The van der Waals surface area contributed by atoms with E-state index in [0.717, 1.165) is 0 Å². The van der Waals surface area contributed by atoms with E-state index in [2.05, 4.69) is 4.98 Å². The van der Waals surface area contributed by atoms with Crippen LogP contribution in [0.4, 0.5) is 5.69 Å². The van der Waals surface area contributed by atoms with Crippen LogP contribution in [0.2, 0.25) is 15.1 Å². The molecule has 96 valence electrons. The van der Waals surface area contributed by atoms with Gasteiger partial charge in [0, 0.05) is 16.1 Å². The summed E-state index contributed by atoms with van der Waals surface area (Å²) in [6, 6.07) is 8.43. The van der Waals surface area contributed by atoms with Crippen molar-refractivity contribution < 1.29 is 4.42 Å². The zero-order chi connectivity index (χ0) is 13.6. The molecule has 0 aliphatic rings. The summed E-state index contributed by atoms with van der Waals surface area (Å²) in [7, 11) is 0. The van der Waals surface area contributed by atoms with Crippen LogP contribution in [0.25, 0.3) is 22.6 Å². The van der Waals surface area contributed by atoms with Crippen molar-refractivity contribution in [1.82, 2.24) is 4.98 Å². The average Bonchev–Trinajstić information content (AvgIpc) is 2.76. The topological polar surface area (TPSA) is 52.0 Å². The predicted molar refractivity (Wildman–Crippen MR) is 78.9 cm³/mol. The number of oxazole rings is 1. The molecular formula is C13H7Cl3N2O. The van der Waals surface area contributed by atoms with E-state index in [0.29, 0.717) is 43.3 Å². The third-order valence-electron chi connectivity index (χ3n) is 2.68. The van der Waals surface area contributed by atoms with Crippen LogP contribution in [0.15, 0.2) is 34.7 Å². The Bertz CT molecular complexity index is 783. The van der Waals surface area contributed by atoms with Crippen LogP contribution in [-0.4, -0.2) is 4.98 Å². The van der Waals surface area contributed by atoms with Gasteiger partial charge in [0.25, 0.3) is 0 Å². The minimum atomic E-state index is 0.360. The van der Waals surface area contributed by atoms with Gasteiger partial charge in [-0.05, 0) is 24.3 Å². The van der Waals surface area contributed by atoms with Crippen molar-refractivity contribution in [3.05, 3.63) is 45.4 Å². The maximum atomic E-state index is 5.99. The van der Waals surface area contributed by atoms with Gasteiger partial charge in [-0.2, -0.15) is 0 Å². The van der Waals surface area contributed by atoms with Gasteiger partial charge in [-0.3, -0.25) is 0 Å². The van der Waals surface area contributed by atoms with Crippen molar-refractivity contribution >= 4 is 51.6 Å². The maximum absolute atomic E-state index is 5.99. The van der Waals surface area contributed by atoms with Crippen molar-refractivity contribution in [3.63, 3.8) is 0 Å². The highest BCUT2D eigenvalue weighted by Gasteiger charge is 2.14. The van der Waals surface area contributed by atoms with Gasteiger partial charge >= 0.3 is 0 Å². The fraction of sp³-hybridized carbons (Fsp3) is 0. The van der Waals surface area contributed by atoms with Crippen LogP contribution < -0.4 is 5.73 Å². The average molecular weight is 314 g/mol. The molecule has 0 aliphatic heterocycles. The molecule has 3 aromatic rings. The maximum Gasteiger partial charge on any atom is 0.229 e. The summed E-state index contributed by atoms with van der Waals surface area (Å²) in [5.74, 6) is 0.360. The molecule has 3 nitrogen and oxygen atoms in total. The predicted octanol–water partition coefficient (Wildman–Crippen LogP) is 5.04. The van der Waals surface area contributed by atoms with Gasteiger partial charge in [0.05, 0.1) is 16.3 Å². The van der Waals surface area contributed by atoms with E-state index in [4.69, 9.17) is 45.0 Å². The molecule has 1 aromatic heterocycles. The van der Waals surface area contributed by atoms with E-state index >= 15 is 0 Å². The molecule has 6 heteroatoms. The molecule has 0 aliphatic carbocycles. The second kappa shape index (κ2) is 4.60. The molecule has 19 heavy (non-hydrogen) atoms. The number of hydrogen-bond acceptors (Lipinski definition) is 3. The summed E-state index contributed by atoms with van der Waals surface area (Å²) < 4.78 is 5.63. The normalized spacial score (nSPS) is 11.1. The Hall–Kier alpha value is -1.42. The summed E-state index contributed by atoms with van der Waals surface area (Å²) in [4.78, 5) is 4.34. The number of nitrogens with two attached hydrogens (primary N) is 1. The molecule has 0 spiro atoms. The Labute approximate surface area is 123 Å². The number of nitrogen functional groups attached to an aromatic ring is 1. The van der Waals surface area contributed by atoms with Gasteiger partial charge in [0.1, 0.15) is 5.52 Å². The molecule has 2 N–H and O–H groups in total. The first-order chi connectivity index (χ1) is 9.04. The number of hydrogen-bond donors (Lipinski definition) is 1. The van der Waals surface area contributed by atoms with Crippen molar-refractivity contribution in [2.75, 3.05) is 5.73 Å². The summed E-state index contributed by atoms with van der Waals surface area (Å²) in [6.07, 6.45) is 0. The third kappa shape index (κ3) is 2.25. The van der Waals surface area contributed by atoms with Crippen LogP contribution in [0, 0.1) is 0 Å². The van der Waals surface area contributed by atoms with Crippen molar-refractivity contribution in [3.8, 4) is 11.5 Å². The molecular weight excluding hydrogens is 307 g/mol. The Morgan fingerprint density at radius 3 is 2.58 bits per heavy atom. The number of anilines is 1. The molecule has 1 heterocycles. The van der Waals surface area contributed by atoms with E-state index in [9.17, 15) is 0 Å². The Morgan fingerprint density at radius 2 is 1.79 bits per heavy atom. The van der Waals surface area contributed by atoms with E-state index < -0.39 is 0 Å². The van der Waals surface area contributed by atoms with Gasteiger partial charge < -0.3 is 10.2 Å². The van der Waals surface area contributed by atoms with Crippen LogP contribution in [0.5, 0.6) is 0 Å². The largest absolute Gasteiger partial charge is 0.436 e. The molecule has 0 amide bonds. The number of halogens is 3. The monoisotopic (exact) mass is 312 g/mol. The second-order valence-corrected chi connectivity index (χ2v) is 5.26. The van der Waals surface area contributed by atoms with Crippen molar-refractivity contribution in [1.29, 1.82) is 0 Å². The number of rotatable bonds is 1. The quantitative estimate of drug-likeness (QED) is 0.640. The molecule has 2 aromatic carbocycles. The van der Waals surface area contributed by atoms with Crippen molar-refractivity contribution in [2.24, 2.45) is 0 Å².